The molecule has 1 aliphatic carbocycles. The number of aromatic nitrogens is 1. The molecule has 1 amide bonds. The van der Waals surface area contributed by atoms with Gasteiger partial charge in [-0.3, -0.25) is 4.79 Å². The second-order valence-electron chi connectivity index (χ2n) is 6.86. The summed E-state index contributed by atoms with van der Waals surface area (Å²) in [5.41, 5.74) is 1.39. The number of rotatable bonds is 7. The lowest BCUT2D eigenvalue weighted by molar-refractivity contribution is 0.0947. The van der Waals surface area contributed by atoms with Crippen LogP contribution in [-0.4, -0.2) is 17.4 Å². The molecule has 1 N–H and O–H groups in total. The van der Waals surface area contributed by atoms with Crippen molar-refractivity contribution in [2.45, 2.75) is 19.4 Å². The lowest BCUT2D eigenvalue weighted by atomic mass is 10.2. The molecule has 0 radical (unpaired) electrons. The van der Waals surface area contributed by atoms with Crippen molar-refractivity contribution in [3.63, 3.8) is 0 Å². The topological polar surface area (TPSA) is 51.2 Å². The molecule has 0 spiro atoms. The third-order valence-electron chi connectivity index (χ3n) is 4.57. The second kappa shape index (κ2) is 8.69. The van der Waals surface area contributed by atoms with Crippen molar-refractivity contribution in [1.82, 2.24) is 10.3 Å². The summed E-state index contributed by atoms with van der Waals surface area (Å²) in [6, 6.07) is 9.67. The summed E-state index contributed by atoms with van der Waals surface area (Å²) in [6.07, 6.45) is 2.32. The number of hydrogen-bond donors (Lipinski definition) is 1. The van der Waals surface area contributed by atoms with E-state index >= 15 is 0 Å². The van der Waals surface area contributed by atoms with Crippen molar-refractivity contribution < 1.29 is 13.9 Å². The van der Waals surface area contributed by atoms with E-state index in [0.717, 1.165) is 18.4 Å². The zero-order valence-corrected chi connectivity index (χ0v) is 17.6. The first-order chi connectivity index (χ1) is 14.0. The molecule has 8 heteroatoms. The van der Waals surface area contributed by atoms with Crippen molar-refractivity contribution in [2.75, 3.05) is 6.54 Å². The molecule has 150 valence electrons. The van der Waals surface area contributed by atoms with E-state index in [1.165, 1.54) is 17.4 Å². The Morgan fingerprint density at radius 1 is 1.24 bits per heavy atom. The number of carbonyl (C=O) groups is 1. The van der Waals surface area contributed by atoms with Gasteiger partial charge in [-0.25, -0.2) is 9.37 Å². The fourth-order valence-corrected chi connectivity index (χ4v) is 4.00. The van der Waals surface area contributed by atoms with E-state index in [4.69, 9.17) is 27.9 Å². The Hall–Kier alpha value is -2.15. The Labute approximate surface area is 181 Å². The molecule has 2 aromatic carbocycles. The van der Waals surface area contributed by atoms with Crippen molar-refractivity contribution in [3.05, 3.63) is 68.9 Å². The van der Waals surface area contributed by atoms with Crippen LogP contribution in [0.25, 0.3) is 10.6 Å². The summed E-state index contributed by atoms with van der Waals surface area (Å²) in [5.74, 6) is 0.268. The SMILES string of the molecule is O=C(NCC1CC1)c1csc(-c2ccc(OCc3ccc(Cl)cc3Cl)cc2F)n1. The maximum absolute atomic E-state index is 14.6. The summed E-state index contributed by atoms with van der Waals surface area (Å²) < 4.78 is 20.2. The van der Waals surface area contributed by atoms with Gasteiger partial charge in [0.05, 0.1) is 0 Å². The molecule has 1 aromatic heterocycles. The highest BCUT2D eigenvalue weighted by atomic mass is 35.5. The van der Waals surface area contributed by atoms with Gasteiger partial charge in [-0.2, -0.15) is 0 Å². The van der Waals surface area contributed by atoms with Crippen LogP contribution in [0, 0.1) is 11.7 Å². The fourth-order valence-electron chi connectivity index (χ4n) is 2.71. The van der Waals surface area contributed by atoms with Gasteiger partial charge in [0.25, 0.3) is 5.91 Å². The van der Waals surface area contributed by atoms with Gasteiger partial charge in [0.2, 0.25) is 0 Å². The summed E-state index contributed by atoms with van der Waals surface area (Å²) in [4.78, 5) is 16.4. The molecular formula is C21H17Cl2FN2O2S. The molecule has 0 unspecified atom stereocenters. The van der Waals surface area contributed by atoms with Gasteiger partial charge >= 0.3 is 0 Å². The first kappa shape index (κ1) is 20.1. The van der Waals surface area contributed by atoms with Gasteiger partial charge in [0, 0.05) is 39.2 Å². The van der Waals surface area contributed by atoms with Crippen molar-refractivity contribution in [1.29, 1.82) is 0 Å². The van der Waals surface area contributed by atoms with Gasteiger partial charge in [0.15, 0.2) is 0 Å². The van der Waals surface area contributed by atoms with Crippen LogP contribution in [0.2, 0.25) is 10.0 Å². The van der Waals surface area contributed by atoms with Crippen LogP contribution in [0.3, 0.4) is 0 Å². The van der Waals surface area contributed by atoms with Crippen molar-refractivity contribution in [3.8, 4) is 16.3 Å². The Bertz CT molecular complexity index is 1050. The monoisotopic (exact) mass is 450 g/mol. The quantitative estimate of drug-likeness (QED) is 0.481. The van der Waals surface area contributed by atoms with E-state index in [0.29, 0.717) is 44.5 Å². The first-order valence-corrected chi connectivity index (χ1v) is 10.7. The Morgan fingerprint density at radius 2 is 2.07 bits per heavy atom. The number of nitrogens with one attached hydrogen (secondary N) is 1. The molecular weight excluding hydrogens is 434 g/mol. The second-order valence-corrected chi connectivity index (χ2v) is 8.56. The predicted octanol–water partition coefficient (Wildman–Crippen LogP) is 5.97. The molecule has 0 bridgehead atoms. The van der Waals surface area contributed by atoms with Crippen LogP contribution in [0.4, 0.5) is 4.39 Å². The highest BCUT2D eigenvalue weighted by molar-refractivity contribution is 7.13. The van der Waals surface area contributed by atoms with Gasteiger partial charge in [0.1, 0.15) is 28.9 Å². The predicted molar refractivity (Wildman–Crippen MR) is 113 cm³/mol. The number of benzene rings is 2. The van der Waals surface area contributed by atoms with E-state index in [1.54, 1.807) is 35.7 Å². The minimum atomic E-state index is -0.469. The molecule has 4 rings (SSSR count). The Kier molecular flexibility index (Phi) is 6.04. The van der Waals surface area contributed by atoms with Gasteiger partial charge in [-0.05, 0) is 43.0 Å². The van der Waals surface area contributed by atoms with Crippen LogP contribution in [-0.2, 0) is 6.61 Å². The van der Waals surface area contributed by atoms with Crippen LogP contribution in [0.1, 0.15) is 28.9 Å². The molecule has 1 aliphatic rings. The fraction of sp³-hybridized carbons (Fsp3) is 0.238. The van der Waals surface area contributed by atoms with Crippen molar-refractivity contribution >= 4 is 40.4 Å². The smallest absolute Gasteiger partial charge is 0.270 e. The zero-order valence-electron chi connectivity index (χ0n) is 15.3. The number of amides is 1. The van der Waals surface area contributed by atoms with E-state index in [1.807, 2.05) is 0 Å². The van der Waals surface area contributed by atoms with Gasteiger partial charge in [-0.1, -0.05) is 29.3 Å². The first-order valence-electron chi connectivity index (χ1n) is 9.10. The number of halogens is 3. The van der Waals surface area contributed by atoms with E-state index in [9.17, 15) is 9.18 Å². The molecule has 29 heavy (non-hydrogen) atoms. The molecule has 0 aliphatic heterocycles. The molecule has 1 fully saturated rings. The average Bonchev–Trinajstić information content (AvgIpc) is 3.40. The summed E-state index contributed by atoms with van der Waals surface area (Å²) in [7, 11) is 0. The van der Waals surface area contributed by atoms with Crippen LogP contribution in [0.15, 0.2) is 41.8 Å². The lowest BCUT2D eigenvalue weighted by Crippen LogP contribution is -2.25. The molecule has 0 saturated heterocycles. The molecule has 4 nitrogen and oxygen atoms in total. The lowest BCUT2D eigenvalue weighted by Gasteiger charge is -2.09. The van der Waals surface area contributed by atoms with Crippen molar-refractivity contribution in [2.24, 2.45) is 5.92 Å². The van der Waals surface area contributed by atoms with E-state index in [-0.39, 0.29) is 12.5 Å². The molecule has 1 heterocycles. The zero-order chi connectivity index (χ0) is 20.4. The maximum atomic E-state index is 14.6. The van der Waals surface area contributed by atoms with Gasteiger partial charge < -0.3 is 10.1 Å². The third kappa shape index (κ3) is 5.07. The average molecular weight is 451 g/mol. The van der Waals surface area contributed by atoms with Gasteiger partial charge in [-0.15, -0.1) is 11.3 Å². The number of ether oxygens (including phenoxy) is 1. The summed E-state index contributed by atoms with van der Waals surface area (Å²) >= 11 is 13.2. The third-order valence-corrected chi connectivity index (χ3v) is 6.03. The normalized spacial score (nSPS) is 13.3. The Morgan fingerprint density at radius 3 is 2.79 bits per heavy atom. The van der Waals surface area contributed by atoms with Crippen LogP contribution in [0.5, 0.6) is 5.75 Å². The Balaban J connectivity index is 1.42. The van der Waals surface area contributed by atoms with E-state index < -0.39 is 5.82 Å². The standard InChI is InChI=1S/C21H17Cl2FN2O2S/c22-14-4-3-13(17(23)7-14)10-28-15-5-6-16(18(24)8-15)21-26-19(11-29-21)20(27)25-9-12-1-2-12/h3-8,11-12H,1-2,9-10H2,(H,25,27). The highest BCUT2D eigenvalue weighted by Gasteiger charge is 2.22. The summed E-state index contributed by atoms with van der Waals surface area (Å²) in [5, 5.41) is 5.99. The van der Waals surface area contributed by atoms with E-state index in [2.05, 4.69) is 10.3 Å². The number of nitrogens with zero attached hydrogens (tertiary/aromatic N) is 1. The molecule has 3 aromatic rings. The maximum Gasteiger partial charge on any atom is 0.270 e. The number of hydrogen-bond acceptors (Lipinski definition) is 4. The number of carbonyl (C=O) groups excluding carboxylic acids is 1. The largest absolute Gasteiger partial charge is 0.489 e. The van der Waals surface area contributed by atoms with Crippen LogP contribution >= 0.6 is 34.5 Å². The highest BCUT2D eigenvalue weighted by Crippen LogP contribution is 2.30. The minimum absolute atomic E-state index is 0.192. The molecule has 0 atom stereocenters. The molecule has 1 saturated carbocycles. The van der Waals surface area contributed by atoms with Crippen LogP contribution < -0.4 is 10.1 Å². The number of thiazole rings is 1. The summed E-state index contributed by atoms with van der Waals surface area (Å²) in [6.45, 7) is 0.862. The minimum Gasteiger partial charge on any atom is -0.489 e.